The molecule has 1 N–H and O–H groups in total. The first-order valence-electron chi connectivity index (χ1n) is 6.59. The predicted molar refractivity (Wildman–Crippen MR) is 74.2 cm³/mol. The van der Waals surface area contributed by atoms with Gasteiger partial charge < -0.3 is 14.7 Å². The van der Waals surface area contributed by atoms with Gasteiger partial charge in [0, 0.05) is 19.3 Å². The Morgan fingerprint density at radius 3 is 3.10 bits per heavy atom. The lowest BCUT2D eigenvalue weighted by molar-refractivity contribution is -0.144. The van der Waals surface area contributed by atoms with Gasteiger partial charge in [0.25, 0.3) is 5.91 Å². The summed E-state index contributed by atoms with van der Waals surface area (Å²) in [6, 6.07) is 3.36. The van der Waals surface area contributed by atoms with Gasteiger partial charge in [-0.1, -0.05) is 11.8 Å². The standard InChI is InChI=1S/C15H16N2O4/c1-21-15(20)12-6-8-17(10-12)14(19)13-11(5-3-9-18)4-2-7-16-13/h2,4,7,12,18H,6,8-10H2,1H3. The monoisotopic (exact) mass is 288 g/mol. The van der Waals surface area contributed by atoms with E-state index in [9.17, 15) is 9.59 Å². The quantitative estimate of drug-likeness (QED) is 0.615. The molecule has 0 aromatic carbocycles. The first-order chi connectivity index (χ1) is 10.2. The minimum Gasteiger partial charge on any atom is -0.469 e. The predicted octanol–water partition coefficient (Wildman–Crippen LogP) is 0.0605. The van der Waals surface area contributed by atoms with Crippen LogP contribution in [0.1, 0.15) is 22.5 Å². The van der Waals surface area contributed by atoms with E-state index in [1.165, 1.54) is 13.3 Å². The lowest BCUT2D eigenvalue weighted by Gasteiger charge is -2.16. The number of aliphatic hydroxyl groups is 1. The van der Waals surface area contributed by atoms with Crippen LogP contribution in [0.15, 0.2) is 18.3 Å². The van der Waals surface area contributed by atoms with E-state index in [2.05, 4.69) is 16.8 Å². The average molecular weight is 288 g/mol. The molecule has 1 unspecified atom stereocenters. The smallest absolute Gasteiger partial charge is 0.310 e. The normalized spacial score (nSPS) is 17.0. The minimum atomic E-state index is -0.299. The maximum atomic E-state index is 12.5. The molecule has 2 heterocycles. The van der Waals surface area contributed by atoms with Gasteiger partial charge in [-0.2, -0.15) is 0 Å². The number of rotatable bonds is 2. The van der Waals surface area contributed by atoms with Crippen molar-refractivity contribution in [2.75, 3.05) is 26.8 Å². The molecule has 1 atom stereocenters. The van der Waals surface area contributed by atoms with Gasteiger partial charge in [0.1, 0.15) is 12.3 Å². The Kier molecular flexibility index (Phi) is 4.90. The highest BCUT2D eigenvalue weighted by Gasteiger charge is 2.33. The Balaban J connectivity index is 2.16. The number of ether oxygens (including phenoxy) is 1. The summed E-state index contributed by atoms with van der Waals surface area (Å²) < 4.78 is 4.70. The average Bonchev–Trinajstić information content (AvgIpc) is 3.01. The molecule has 0 aliphatic carbocycles. The summed E-state index contributed by atoms with van der Waals surface area (Å²) in [5, 5.41) is 8.75. The van der Waals surface area contributed by atoms with Crippen molar-refractivity contribution in [1.29, 1.82) is 0 Å². The fourth-order valence-corrected chi connectivity index (χ4v) is 2.26. The number of esters is 1. The van der Waals surface area contributed by atoms with Crippen molar-refractivity contribution in [1.82, 2.24) is 9.88 Å². The number of aromatic nitrogens is 1. The first kappa shape index (κ1) is 15.0. The topological polar surface area (TPSA) is 79.7 Å². The molecule has 0 radical (unpaired) electrons. The zero-order chi connectivity index (χ0) is 15.2. The number of aliphatic hydroxyl groups excluding tert-OH is 1. The molecule has 110 valence electrons. The fraction of sp³-hybridized carbons (Fsp3) is 0.400. The van der Waals surface area contributed by atoms with Crippen molar-refractivity contribution in [3.05, 3.63) is 29.6 Å². The van der Waals surface area contributed by atoms with Crippen LogP contribution in [0.25, 0.3) is 0 Å². The van der Waals surface area contributed by atoms with E-state index in [0.29, 0.717) is 25.1 Å². The molecule has 1 aromatic rings. The van der Waals surface area contributed by atoms with Gasteiger partial charge in [-0.15, -0.1) is 0 Å². The number of likely N-dealkylation sites (tertiary alicyclic amines) is 1. The zero-order valence-electron chi connectivity index (χ0n) is 11.7. The number of hydrogen-bond acceptors (Lipinski definition) is 5. The summed E-state index contributed by atoms with van der Waals surface area (Å²) in [7, 11) is 1.34. The lowest BCUT2D eigenvalue weighted by atomic mass is 10.1. The molecule has 21 heavy (non-hydrogen) atoms. The van der Waals surface area contributed by atoms with Gasteiger partial charge in [-0.05, 0) is 18.6 Å². The molecule has 0 bridgehead atoms. The molecular formula is C15H16N2O4. The molecule has 6 nitrogen and oxygen atoms in total. The van der Waals surface area contributed by atoms with Gasteiger partial charge in [0.2, 0.25) is 0 Å². The van der Waals surface area contributed by atoms with Crippen LogP contribution >= 0.6 is 0 Å². The van der Waals surface area contributed by atoms with E-state index in [4.69, 9.17) is 9.84 Å². The van der Waals surface area contributed by atoms with Crippen LogP contribution in [-0.2, 0) is 9.53 Å². The maximum Gasteiger partial charge on any atom is 0.310 e. The van der Waals surface area contributed by atoms with Crippen molar-refractivity contribution >= 4 is 11.9 Å². The number of pyridine rings is 1. The molecule has 0 saturated carbocycles. The van der Waals surface area contributed by atoms with Gasteiger partial charge >= 0.3 is 5.97 Å². The Bertz CT molecular complexity index is 603. The number of nitrogens with zero attached hydrogens (tertiary/aromatic N) is 2. The van der Waals surface area contributed by atoms with Gasteiger partial charge in [-0.3, -0.25) is 9.59 Å². The number of methoxy groups -OCH3 is 1. The molecule has 0 spiro atoms. The summed E-state index contributed by atoms with van der Waals surface area (Å²) in [6.07, 6.45) is 2.11. The molecule has 1 saturated heterocycles. The van der Waals surface area contributed by atoms with E-state index >= 15 is 0 Å². The Morgan fingerprint density at radius 2 is 2.38 bits per heavy atom. The fourth-order valence-electron chi connectivity index (χ4n) is 2.26. The second-order valence-electron chi connectivity index (χ2n) is 4.62. The van der Waals surface area contributed by atoms with E-state index < -0.39 is 0 Å². The highest BCUT2D eigenvalue weighted by Crippen LogP contribution is 2.20. The molecule has 1 aliphatic heterocycles. The van der Waals surface area contributed by atoms with Gasteiger partial charge in [-0.25, -0.2) is 4.98 Å². The Labute approximate surface area is 122 Å². The summed E-state index contributed by atoms with van der Waals surface area (Å²) in [5.41, 5.74) is 0.710. The van der Waals surface area contributed by atoms with Crippen molar-refractivity contribution in [2.24, 2.45) is 5.92 Å². The van der Waals surface area contributed by atoms with Crippen LogP contribution in [0, 0.1) is 17.8 Å². The molecule has 1 amide bonds. The molecule has 2 rings (SSSR count). The third kappa shape index (κ3) is 3.38. The van der Waals surface area contributed by atoms with Crippen LogP contribution in [0.2, 0.25) is 0 Å². The molecule has 1 fully saturated rings. The third-order valence-corrected chi connectivity index (χ3v) is 3.32. The molecular weight excluding hydrogens is 272 g/mol. The van der Waals surface area contributed by atoms with Crippen LogP contribution in [-0.4, -0.2) is 53.7 Å². The molecule has 1 aliphatic rings. The largest absolute Gasteiger partial charge is 0.469 e. The highest BCUT2D eigenvalue weighted by molar-refractivity contribution is 5.95. The summed E-state index contributed by atoms with van der Waals surface area (Å²) >= 11 is 0. The van der Waals surface area contributed by atoms with Gasteiger partial charge in [0.15, 0.2) is 0 Å². The summed E-state index contributed by atoms with van der Waals surface area (Å²) in [6.45, 7) is 0.535. The van der Waals surface area contributed by atoms with E-state index in [-0.39, 0.29) is 30.1 Å². The number of carbonyl (C=O) groups excluding carboxylic acids is 2. The van der Waals surface area contributed by atoms with Crippen LogP contribution < -0.4 is 0 Å². The highest BCUT2D eigenvalue weighted by atomic mass is 16.5. The number of carbonyl (C=O) groups is 2. The van der Waals surface area contributed by atoms with Crippen molar-refractivity contribution < 1.29 is 19.4 Å². The SMILES string of the molecule is COC(=O)C1CCN(C(=O)c2ncccc2C#CCO)C1. The third-order valence-electron chi connectivity index (χ3n) is 3.32. The molecule has 1 aromatic heterocycles. The minimum absolute atomic E-state index is 0.240. The lowest BCUT2D eigenvalue weighted by Crippen LogP contribution is -2.31. The zero-order valence-corrected chi connectivity index (χ0v) is 11.7. The maximum absolute atomic E-state index is 12.5. The Morgan fingerprint density at radius 1 is 1.57 bits per heavy atom. The summed E-state index contributed by atoms with van der Waals surface area (Å²) in [4.78, 5) is 29.6. The number of hydrogen-bond donors (Lipinski definition) is 1. The second-order valence-corrected chi connectivity index (χ2v) is 4.62. The van der Waals surface area contributed by atoms with Crippen molar-refractivity contribution in [3.8, 4) is 11.8 Å². The Hall–Kier alpha value is -2.39. The van der Waals surface area contributed by atoms with Crippen molar-refractivity contribution in [2.45, 2.75) is 6.42 Å². The van der Waals surface area contributed by atoms with E-state index in [0.717, 1.165) is 0 Å². The summed E-state index contributed by atoms with van der Waals surface area (Å²) in [5.74, 6) is 4.38. The molecule has 6 heteroatoms. The van der Waals surface area contributed by atoms with E-state index in [1.54, 1.807) is 17.0 Å². The van der Waals surface area contributed by atoms with Gasteiger partial charge in [0.05, 0.1) is 18.6 Å². The number of amides is 1. The second kappa shape index (κ2) is 6.86. The van der Waals surface area contributed by atoms with Crippen LogP contribution in [0.5, 0.6) is 0 Å². The first-order valence-corrected chi connectivity index (χ1v) is 6.59. The van der Waals surface area contributed by atoms with E-state index in [1.807, 2.05) is 0 Å². The van der Waals surface area contributed by atoms with Crippen LogP contribution in [0.3, 0.4) is 0 Å². The van der Waals surface area contributed by atoms with Crippen molar-refractivity contribution in [3.63, 3.8) is 0 Å². The van der Waals surface area contributed by atoms with Crippen LogP contribution in [0.4, 0.5) is 0 Å².